The highest BCUT2D eigenvalue weighted by Gasteiger charge is 2.28. The molecule has 7 nitrogen and oxygen atoms in total. The quantitative estimate of drug-likeness (QED) is 0.368. The molecule has 1 aromatic heterocycles. The molecule has 7 heteroatoms. The van der Waals surface area contributed by atoms with Gasteiger partial charge in [-0.2, -0.15) is 5.10 Å². The molecule has 1 heterocycles. The van der Waals surface area contributed by atoms with Crippen molar-refractivity contribution in [2.45, 2.75) is 32.4 Å². The van der Waals surface area contributed by atoms with Gasteiger partial charge in [0.2, 0.25) is 5.91 Å². The zero-order chi connectivity index (χ0) is 24.9. The molecule has 4 aromatic rings. The first-order chi connectivity index (χ1) is 16.8. The summed E-state index contributed by atoms with van der Waals surface area (Å²) in [5.74, 6) is -1.37. The molecule has 2 atom stereocenters. The summed E-state index contributed by atoms with van der Waals surface area (Å²) < 4.78 is 1.57. The van der Waals surface area contributed by atoms with E-state index in [4.69, 9.17) is 5.73 Å². The molecule has 0 aliphatic heterocycles. The minimum Gasteiger partial charge on any atom is -0.381 e. The largest absolute Gasteiger partial charge is 0.381 e. The Morgan fingerprint density at radius 3 is 2.40 bits per heavy atom. The van der Waals surface area contributed by atoms with Crippen molar-refractivity contribution in [2.75, 3.05) is 0 Å². The number of aliphatic hydroxyl groups excluding tert-OH is 1. The van der Waals surface area contributed by atoms with Gasteiger partial charge in [-0.3, -0.25) is 9.59 Å². The fourth-order valence-electron chi connectivity index (χ4n) is 4.11. The first-order valence-electron chi connectivity index (χ1n) is 11.4. The van der Waals surface area contributed by atoms with E-state index in [1.54, 1.807) is 17.7 Å². The standard InChI is InChI=1S/C28H28N4O3/c1-18-9-6-7-14-23(18)21-12-8-13-22(17-21)32-25(15-19(2)31-32)28(35)30-24(26(33)27(29)34)16-20-10-4-3-5-11-20/h3-15,17,24,26,33H,16H2,1-2H3,(H2,29,34)(H,30,35)/t24-,26?/m0/s1. The van der Waals surface area contributed by atoms with Gasteiger partial charge in [-0.05, 0) is 60.7 Å². The van der Waals surface area contributed by atoms with Gasteiger partial charge in [0.15, 0.2) is 6.10 Å². The number of aryl methyl sites for hydroxylation is 2. The van der Waals surface area contributed by atoms with Crippen molar-refractivity contribution < 1.29 is 14.7 Å². The number of aromatic nitrogens is 2. The molecule has 0 fully saturated rings. The number of hydrogen-bond acceptors (Lipinski definition) is 4. The third-order valence-corrected chi connectivity index (χ3v) is 5.90. The molecule has 0 saturated heterocycles. The number of amides is 2. The highest BCUT2D eigenvalue weighted by molar-refractivity contribution is 5.94. The summed E-state index contributed by atoms with van der Waals surface area (Å²) in [6.07, 6.45) is -1.30. The molecule has 2 amide bonds. The van der Waals surface area contributed by atoms with Gasteiger partial charge in [-0.25, -0.2) is 4.68 Å². The van der Waals surface area contributed by atoms with Crippen LogP contribution in [0, 0.1) is 13.8 Å². The molecule has 1 unspecified atom stereocenters. The van der Waals surface area contributed by atoms with Gasteiger partial charge in [-0.1, -0.05) is 66.7 Å². The second kappa shape index (κ2) is 10.4. The Kier molecular flexibility index (Phi) is 7.08. The van der Waals surface area contributed by atoms with Gasteiger partial charge in [0.05, 0.1) is 17.4 Å². The summed E-state index contributed by atoms with van der Waals surface area (Å²) in [5.41, 5.74) is 11.1. The summed E-state index contributed by atoms with van der Waals surface area (Å²) in [4.78, 5) is 25.1. The molecule has 0 bridgehead atoms. The Morgan fingerprint density at radius 1 is 0.971 bits per heavy atom. The molecular formula is C28H28N4O3. The van der Waals surface area contributed by atoms with Gasteiger partial charge in [0.1, 0.15) is 5.69 Å². The van der Waals surface area contributed by atoms with Gasteiger partial charge in [-0.15, -0.1) is 0 Å². The molecule has 4 rings (SSSR count). The van der Waals surface area contributed by atoms with E-state index < -0.39 is 24.0 Å². The number of primary amides is 1. The number of aliphatic hydroxyl groups is 1. The first kappa shape index (κ1) is 23.9. The van der Waals surface area contributed by atoms with Crippen molar-refractivity contribution in [2.24, 2.45) is 5.73 Å². The Balaban J connectivity index is 1.65. The second-order valence-electron chi connectivity index (χ2n) is 8.56. The molecule has 0 spiro atoms. The van der Waals surface area contributed by atoms with Crippen LogP contribution in [0.25, 0.3) is 16.8 Å². The fraction of sp³-hybridized carbons (Fsp3) is 0.179. The zero-order valence-electron chi connectivity index (χ0n) is 19.7. The minimum absolute atomic E-state index is 0.243. The summed E-state index contributed by atoms with van der Waals surface area (Å²) in [6.45, 7) is 3.86. The number of carbonyl (C=O) groups excluding carboxylic acids is 2. The maximum absolute atomic E-state index is 13.4. The number of hydrogen-bond donors (Lipinski definition) is 3. The van der Waals surface area contributed by atoms with Crippen LogP contribution in [0.15, 0.2) is 84.9 Å². The first-order valence-corrected chi connectivity index (χ1v) is 11.4. The van der Waals surface area contributed by atoms with Crippen molar-refractivity contribution in [1.29, 1.82) is 0 Å². The van der Waals surface area contributed by atoms with Gasteiger partial charge in [0, 0.05) is 0 Å². The van der Waals surface area contributed by atoms with E-state index in [2.05, 4.69) is 29.5 Å². The molecular weight excluding hydrogens is 440 g/mol. The Labute approximate surface area is 204 Å². The predicted molar refractivity (Wildman–Crippen MR) is 135 cm³/mol. The van der Waals surface area contributed by atoms with Crippen LogP contribution in [0.2, 0.25) is 0 Å². The maximum atomic E-state index is 13.4. The summed E-state index contributed by atoms with van der Waals surface area (Å²) in [6, 6.07) is 25.9. The minimum atomic E-state index is -1.54. The summed E-state index contributed by atoms with van der Waals surface area (Å²) >= 11 is 0. The molecule has 3 aromatic carbocycles. The van der Waals surface area contributed by atoms with Crippen molar-refractivity contribution in [3.63, 3.8) is 0 Å². The number of rotatable bonds is 8. The molecule has 0 aliphatic rings. The number of nitrogens with zero attached hydrogens (tertiary/aromatic N) is 2. The molecule has 35 heavy (non-hydrogen) atoms. The van der Waals surface area contributed by atoms with E-state index in [9.17, 15) is 14.7 Å². The summed E-state index contributed by atoms with van der Waals surface area (Å²) in [5, 5.41) is 17.7. The average Bonchev–Trinajstić information content (AvgIpc) is 3.26. The SMILES string of the molecule is Cc1cc(C(=O)N[C@@H](Cc2ccccc2)C(O)C(N)=O)n(-c2cccc(-c3ccccc3C)c2)n1. The van der Waals surface area contributed by atoms with Crippen LogP contribution in [-0.4, -0.2) is 38.8 Å². The molecule has 4 N–H and O–H groups in total. The van der Waals surface area contributed by atoms with E-state index in [0.29, 0.717) is 11.4 Å². The van der Waals surface area contributed by atoms with Crippen LogP contribution in [0.1, 0.15) is 27.3 Å². The van der Waals surface area contributed by atoms with Crippen LogP contribution in [0.3, 0.4) is 0 Å². The van der Waals surface area contributed by atoms with E-state index in [1.807, 2.05) is 66.7 Å². The number of nitrogens with two attached hydrogens (primary N) is 1. The van der Waals surface area contributed by atoms with E-state index in [1.165, 1.54) is 0 Å². The second-order valence-corrected chi connectivity index (χ2v) is 8.56. The van der Waals surface area contributed by atoms with Crippen LogP contribution in [0.4, 0.5) is 0 Å². The van der Waals surface area contributed by atoms with Crippen molar-refractivity contribution >= 4 is 11.8 Å². The lowest BCUT2D eigenvalue weighted by molar-refractivity contribution is -0.127. The third-order valence-electron chi connectivity index (χ3n) is 5.90. The monoisotopic (exact) mass is 468 g/mol. The zero-order valence-corrected chi connectivity index (χ0v) is 19.7. The maximum Gasteiger partial charge on any atom is 0.270 e. The highest BCUT2D eigenvalue weighted by Crippen LogP contribution is 2.26. The topological polar surface area (TPSA) is 110 Å². The predicted octanol–water partition coefficient (Wildman–Crippen LogP) is 3.34. The molecule has 0 radical (unpaired) electrons. The van der Waals surface area contributed by atoms with Crippen LogP contribution in [-0.2, 0) is 11.2 Å². The van der Waals surface area contributed by atoms with E-state index in [0.717, 1.165) is 27.9 Å². The van der Waals surface area contributed by atoms with Gasteiger partial charge < -0.3 is 16.2 Å². The molecule has 0 saturated carbocycles. The average molecular weight is 469 g/mol. The van der Waals surface area contributed by atoms with Crippen molar-refractivity contribution in [1.82, 2.24) is 15.1 Å². The van der Waals surface area contributed by atoms with E-state index in [-0.39, 0.29) is 6.42 Å². The van der Waals surface area contributed by atoms with Crippen LogP contribution < -0.4 is 11.1 Å². The smallest absolute Gasteiger partial charge is 0.270 e. The van der Waals surface area contributed by atoms with Crippen molar-refractivity contribution in [3.05, 3.63) is 107 Å². The fourth-order valence-corrected chi connectivity index (χ4v) is 4.11. The Morgan fingerprint density at radius 2 is 1.69 bits per heavy atom. The van der Waals surface area contributed by atoms with Crippen LogP contribution in [0.5, 0.6) is 0 Å². The summed E-state index contributed by atoms with van der Waals surface area (Å²) in [7, 11) is 0. The van der Waals surface area contributed by atoms with Crippen molar-refractivity contribution in [3.8, 4) is 16.8 Å². The lowest BCUT2D eigenvalue weighted by Gasteiger charge is -2.22. The lowest BCUT2D eigenvalue weighted by atomic mass is 10.00. The molecule has 178 valence electrons. The Bertz CT molecular complexity index is 1350. The van der Waals surface area contributed by atoms with Gasteiger partial charge >= 0.3 is 0 Å². The Hall–Kier alpha value is -4.23. The normalized spacial score (nSPS) is 12.7. The number of nitrogens with one attached hydrogen (secondary N) is 1. The lowest BCUT2D eigenvalue weighted by Crippen LogP contribution is -2.50. The van der Waals surface area contributed by atoms with Gasteiger partial charge in [0.25, 0.3) is 5.91 Å². The third kappa shape index (κ3) is 5.47. The number of carbonyl (C=O) groups is 2. The van der Waals surface area contributed by atoms with E-state index >= 15 is 0 Å². The molecule has 0 aliphatic carbocycles. The number of benzene rings is 3. The van der Waals surface area contributed by atoms with Crippen LogP contribution >= 0.6 is 0 Å². The highest BCUT2D eigenvalue weighted by atomic mass is 16.3.